The molecule has 0 aliphatic heterocycles. The summed E-state index contributed by atoms with van der Waals surface area (Å²) in [7, 11) is 0. The summed E-state index contributed by atoms with van der Waals surface area (Å²) in [6.07, 6.45) is 2.37. The van der Waals surface area contributed by atoms with Crippen LogP contribution in [0.25, 0.3) is 0 Å². The molecule has 0 saturated heterocycles. The molecule has 3 N–H and O–H groups in total. The number of benzene rings is 1. The molecule has 1 aliphatic rings. The number of aryl methyl sites for hydroxylation is 1. The van der Waals surface area contributed by atoms with Crippen LogP contribution in [0.3, 0.4) is 0 Å². The first-order valence-electron chi connectivity index (χ1n) is 4.84. The molecule has 2 nitrogen and oxygen atoms in total. The van der Waals surface area contributed by atoms with E-state index in [1.54, 1.807) is 0 Å². The zero-order valence-corrected chi connectivity index (χ0v) is 10.9. The number of hydrogen-bond acceptors (Lipinski definition) is 2. The van der Waals surface area contributed by atoms with Gasteiger partial charge in [0.05, 0.1) is 0 Å². The molecule has 1 saturated carbocycles. The Kier molecular flexibility index (Phi) is 4.04. The molecule has 1 fully saturated rings. The maximum absolute atomic E-state index is 9.87. The molecule has 4 heteroatoms. The van der Waals surface area contributed by atoms with E-state index in [1.807, 2.05) is 19.1 Å². The zero-order chi connectivity index (χ0) is 10.3. The number of hydrogen-bond donors (Lipinski definition) is 2. The fourth-order valence-corrected chi connectivity index (χ4v) is 2.31. The van der Waals surface area contributed by atoms with Crippen molar-refractivity contribution in [3.63, 3.8) is 0 Å². The van der Waals surface area contributed by atoms with Crippen LogP contribution in [0.2, 0.25) is 0 Å². The van der Waals surface area contributed by atoms with Crippen molar-refractivity contribution in [2.75, 3.05) is 0 Å². The minimum atomic E-state index is -0.00815. The Morgan fingerprint density at radius 2 is 2.07 bits per heavy atom. The fraction of sp³-hybridized carbons (Fsp3) is 0.455. The van der Waals surface area contributed by atoms with E-state index < -0.39 is 0 Å². The standard InChI is InChI=1S/C11H14BrNO.ClH/c1-6-4-8(12)5-9(11(6)14)10(13)7-2-3-7;/h4-5,7,10,14H,2-3,13H2,1H3;1H/t10-;/m1./s1. The van der Waals surface area contributed by atoms with E-state index in [2.05, 4.69) is 15.9 Å². The molecule has 15 heavy (non-hydrogen) atoms. The van der Waals surface area contributed by atoms with Crippen LogP contribution in [-0.4, -0.2) is 5.11 Å². The van der Waals surface area contributed by atoms with Crippen molar-refractivity contribution in [1.29, 1.82) is 0 Å². The molecule has 0 heterocycles. The predicted molar refractivity (Wildman–Crippen MR) is 67.4 cm³/mol. The molecule has 0 unspecified atom stereocenters. The second-order valence-corrected chi connectivity index (χ2v) is 4.94. The Bertz CT molecular complexity index is 366. The van der Waals surface area contributed by atoms with Gasteiger partial charge in [0.15, 0.2) is 0 Å². The first-order valence-corrected chi connectivity index (χ1v) is 5.63. The number of phenolic OH excluding ortho intramolecular Hbond substituents is 1. The van der Waals surface area contributed by atoms with Gasteiger partial charge in [-0.2, -0.15) is 0 Å². The van der Waals surface area contributed by atoms with Gasteiger partial charge in [-0.3, -0.25) is 0 Å². The summed E-state index contributed by atoms with van der Waals surface area (Å²) in [6.45, 7) is 1.89. The van der Waals surface area contributed by atoms with Gasteiger partial charge in [0.1, 0.15) is 5.75 Å². The Balaban J connectivity index is 0.00000112. The molecule has 0 radical (unpaired) electrons. The number of halogens is 2. The first kappa shape index (κ1) is 12.8. The van der Waals surface area contributed by atoms with Crippen molar-refractivity contribution in [1.82, 2.24) is 0 Å². The molecule has 0 aromatic heterocycles. The summed E-state index contributed by atoms with van der Waals surface area (Å²) in [6, 6.07) is 3.82. The van der Waals surface area contributed by atoms with Crippen LogP contribution in [0.15, 0.2) is 16.6 Å². The first-order chi connectivity index (χ1) is 6.59. The zero-order valence-electron chi connectivity index (χ0n) is 8.53. The van der Waals surface area contributed by atoms with E-state index in [0.717, 1.165) is 15.6 Å². The van der Waals surface area contributed by atoms with Gasteiger partial charge in [-0.05, 0) is 43.4 Å². The van der Waals surface area contributed by atoms with Crippen molar-refractivity contribution < 1.29 is 5.11 Å². The maximum Gasteiger partial charge on any atom is 0.123 e. The third-order valence-electron chi connectivity index (χ3n) is 2.78. The molecule has 1 aromatic carbocycles. The number of rotatable bonds is 2. The van der Waals surface area contributed by atoms with E-state index in [0.29, 0.717) is 11.7 Å². The number of aromatic hydroxyl groups is 1. The highest BCUT2D eigenvalue weighted by atomic mass is 79.9. The van der Waals surface area contributed by atoms with Crippen LogP contribution in [0.4, 0.5) is 0 Å². The molecule has 1 aromatic rings. The van der Waals surface area contributed by atoms with Gasteiger partial charge in [-0.25, -0.2) is 0 Å². The van der Waals surface area contributed by atoms with Gasteiger partial charge in [0.25, 0.3) is 0 Å². The largest absolute Gasteiger partial charge is 0.507 e. The topological polar surface area (TPSA) is 46.2 Å². The molecule has 0 spiro atoms. The van der Waals surface area contributed by atoms with E-state index in [-0.39, 0.29) is 18.4 Å². The Morgan fingerprint density at radius 1 is 1.47 bits per heavy atom. The molecular weight excluding hydrogens is 277 g/mol. The van der Waals surface area contributed by atoms with Crippen molar-refractivity contribution in [2.24, 2.45) is 11.7 Å². The monoisotopic (exact) mass is 291 g/mol. The molecule has 84 valence electrons. The van der Waals surface area contributed by atoms with Crippen LogP contribution in [-0.2, 0) is 0 Å². The lowest BCUT2D eigenvalue weighted by Crippen LogP contribution is -2.12. The average molecular weight is 293 g/mol. The van der Waals surface area contributed by atoms with Crippen LogP contribution < -0.4 is 5.73 Å². The van der Waals surface area contributed by atoms with Crippen LogP contribution in [0.1, 0.15) is 30.0 Å². The van der Waals surface area contributed by atoms with Crippen LogP contribution >= 0.6 is 28.3 Å². The van der Waals surface area contributed by atoms with E-state index >= 15 is 0 Å². The van der Waals surface area contributed by atoms with Gasteiger partial charge in [-0.15, -0.1) is 12.4 Å². The summed E-state index contributed by atoms with van der Waals surface area (Å²) in [5.74, 6) is 0.919. The number of nitrogens with two attached hydrogens (primary N) is 1. The van der Waals surface area contributed by atoms with E-state index in [9.17, 15) is 5.11 Å². The van der Waals surface area contributed by atoms with E-state index in [1.165, 1.54) is 12.8 Å². The highest BCUT2D eigenvalue weighted by molar-refractivity contribution is 9.10. The lowest BCUT2D eigenvalue weighted by Gasteiger charge is -2.14. The summed E-state index contributed by atoms with van der Waals surface area (Å²) in [5.41, 5.74) is 7.81. The summed E-state index contributed by atoms with van der Waals surface area (Å²) in [5, 5.41) is 9.87. The highest BCUT2D eigenvalue weighted by Gasteiger charge is 2.31. The molecular formula is C11H15BrClNO. The molecule has 0 amide bonds. The highest BCUT2D eigenvalue weighted by Crippen LogP contribution is 2.43. The summed E-state index contributed by atoms with van der Waals surface area (Å²) < 4.78 is 0.985. The van der Waals surface area contributed by atoms with Gasteiger partial charge in [0.2, 0.25) is 0 Å². The van der Waals surface area contributed by atoms with Crippen molar-refractivity contribution >= 4 is 28.3 Å². The SMILES string of the molecule is Cc1cc(Br)cc([C@H](N)C2CC2)c1O.Cl. The minimum absolute atomic E-state index is 0. The van der Waals surface area contributed by atoms with Crippen molar-refractivity contribution in [2.45, 2.75) is 25.8 Å². The average Bonchev–Trinajstić information content (AvgIpc) is 2.93. The molecule has 0 bridgehead atoms. The Hall–Kier alpha value is -0.250. The summed E-state index contributed by atoms with van der Waals surface area (Å²) >= 11 is 3.42. The lowest BCUT2D eigenvalue weighted by atomic mass is 10.00. The van der Waals surface area contributed by atoms with Crippen molar-refractivity contribution in [3.05, 3.63) is 27.7 Å². The second-order valence-electron chi connectivity index (χ2n) is 4.02. The maximum atomic E-state index is 9.87. The molecule has 1 atom stereocenters. The van der Waals surface area contributed by atoms with Gasteiger partial charge in [0, 0.05) is 16.1 Å². The quantitative estimate of drug-likeness (QED) is 0.878. The normalized spacial score (nSPS) is 17.0. The fourth-order valence-electron chi connectivity index (χ4n) is 1.72. The molecule has 1 aliphatic carbocycles. The van der Waals surface area contributed by atoms with Crippen molar-refractivity contribution in [3.8, 4) is 5.75 Å². The molecule has 2 rings (SSSR count). The third kappa shape index (κ3) is 2.65. The van der Waals surface area contributed by atoms with Crippen LogP contribution in [0.5, 0.6) is 5.75 Å². The second kappa shape index (κ2) is 4.73. The lowest BCUT2D eigenvalue weighted by molar-refractivity contribution is 0.452. The van der Waals surface area contributed by atoms with Gasteiger partial charge in [-0.1, -0.05) is 15.9 Å². The Morgan fingerprint density at radius 3 is 2.60 bits per heavy atom. The smallest absolute Gasteiger partial charge is 0.123 e. The predicted octanol–water partition coefficient (Wildman–Crippen LogP) is 3.29. The van der Waals surface area contributed by atoms with Gasteiger partial charge >= 0.3 is 0 Å². The van der Waals surface area contributed by atoms with Gasteiger partial charge < -0.3 is 10.8 Å². The third-order valence-corrected chi connectivity index (χ3v) is 3.24. The Labute approximate surface area is 104 Å². The summed E-state index contributed by atoms with van der Waals surface area (Å²) in [4.78, 5) is 0. The number of phenols is 1. The van der Waals surface area contributed by atoms with E-state index in [4.69, 9.17) is 5.73 Å². The van der Waals surface area contributed by atoms with Crippen LogP contribution in [0, 0.1) is 12.8 Å². The minimum Gasteiger partial charge on any atom is -0.507 e.